The van der Waals surface area contributed by atoms with Crippen LogP contribution in [-0.4, -0.2) is 63.6 Å². The summed E-state index contributed by atoms with van der Waals surface area (Å²) >= 11 is 0.721. The lowest BCUT2D eigenvalue weighted by Gasteiger charge is -2.18. The Morgan fingerprint density at radius 3 is 2.31 bits per heavy atom. The summed E-state index contributed by atoms with van der Waals surface area (Å²) in [6.45, 7) is -0.657. The van der Waals surface area contributed by atoms with Crippen molar-refractivity contribution in [1.82, 2.24) is 10.6 Å². The minimum absolute atomic E-state index is 0.147. The molecular formula is C17H22N4O7S. The topological polar surface area (TPSA) is 188 Å². The van der Waals surface area contributed by atoms with Gasteiger partial charge in [-0.15, -0.1) is 0 Å². The third-order valence-electron chi connectivity index (χ3n) is 3.47. The standard InChI is InChI=1S/C17H22N4O7S/c18-11(16(26)27)6-7-13(22)21-12(15(25)19-8-14(23)24)9-29-17(28)20-10-4-2-1-3-5-10/h1-5,11-12H,6-9,18H2,(H,19,25)(H,20,28)(H,21,22)(H,23,24)(H,26,27). The van der Waals surface area contributed by atoms with E-state index in [2.05, 4.69) is 16.0 Å². The summed E-state index contributed by atoms with van der Waals surface area (Å²) in [4.78, 5) is 57.5. The lowest BCUT2D eigenvalue weighted by molar-refractivity contribution is -0.139. The molecule has 0 bridgehead atoms. The van der Waals surface area contributed by atoms with E-state index in [1.807, 2.05) is 0 Å². The first-order valence-electron chi connectivity index (χ1n) is 8.45. The number of para-hydroxylation sites is 1. The minimum Gasteiger partial charge on any atom is -0.480 e. The van der Waals surface area contributed by atoms with Crippen LogP contribution in [0, 0.1) is 0 Å². The molecule has 0 spiro atoms. The smallest absolute Gasteiger partial charge is 0.322 e. The maximum atomic E-state index is 12.1. The number of carbonyl (C=O) groups is 5. The van der Waals surface area contributed by atoms with Gasteiger partial charge >= 0.3 is 11.9 Å². The van der Waals surface area contributed by atoms with Gasteiger partial charge in [-0.25, -0.2) is 0 Å². The number of nitrogens with two attached hydrogens (primary N) is 1. The van der Waals surface area contributed by atoms with Gasteiger partial charge in [0.25, 0.3) is 5.24 Å². The van der Waals surface area contributed by atoms with Crippen molar-refractivity contribution < 1.29 is 34.2 Å². The number of carboxylic acids is 2. The van der Waals surface area contributed by atoms with Gasteiger partial charge in [0, 0.05) is 17.9 Å². The van der Waals surface area contributed by atoms with Crippen LogP contribution < -0.4 is 21.7 Å². The lowest BCUT2D eigenvalue weighted by Crippen LogP contribution is -2.49. The van der Waals surface area contributed by atoms with Crippen LogP contribution >= 0.6 is 11.8 Å². The molecule has 7 N–H and O–H groups in total. The molecular weight excluding hydrogens is 404 g/mol. The van der Waals surface area contributed by atoms with Crippen LogP contribution in [0.4, 0.5) is 10.5 Å². The highest BCUT2D eigenvalue weighted by Crippen LogP contribution is 2.12. The van der Waals surface area contributed by atoms with E-state index in [1.54, 1.807) is 30.3 Å². The van der Waals surface area contributed by atoms with Crippen LogP contribution in [0.25, 0.3) is 0 Å². The Labute approximate surface area is 170 Å². The zero-order valence-corrected chi connectivity index (χ0v) is 16.1. The number of rotatable bonds is 11. The second kappa shape index (κ2) is 12.4. The van der Waals surface area contributed by atoms with Gasteiger partial charge in [-0.05, 0) is 18.6 Å². The zero-order chi connectivity index (χ0) is 21.8. The fourth-order valence-electron chi connectivity index (χ4n) is 1.98. The largest absolute Gasteiger partial charge is 0.480 e. The van der Waals surface area contributed by atoms with Crippen molar-refractivity contribution in [3.8, 4) is 0 Å². The molecule has 0 aliphatic rings. The molecule has 2 unspecified atom stereocenters. The molecule has 3 amide bonds. The van der Waals surface area contributed by atoms with E-state index in [0.29, 0.717) is 5.69 Å². The Bertz CT molecular complexity index is 745. The fourth-order valence-corrected chi connectivity index (χ4v) is 2.72. The Kier molecular flexibility index (Phi) is 10.2. The van der Waals surface area contributed by atoms with E-state index >= 15 is 0 Å². The summed E-state index contributed by atoms with van der Waals surface area (Å²) < 4.78 is 0. The lowest BCUT2D eigenvalue weighted by atomic mass is 10.1. The molecule has 1 aromatic carbocycles. The number of carbonyl (C=O) groups excluding carboxylic acids is 3. The van der Waals surface area contributed by atoms with Crippen molar-refractivity contribution in [3.05, 3.63) is 30.3 Å². The summed E-state index contributed by atoms with van der Waals surface area (Å²) in [6.07, 6.45) is -0.399. The predicted octanol–water partition coefficient (Wildman–Crippen LogP) is -0.171. The molecule has 12 heteroatoms. The van der Waals surface area contributed by atoms with Crippen LogP contribution in [-0.2, 0) is 19.2 Å². The molecule has 1 aromatic rings. The Hall–Kier alpha value is -3.12. The summed E-state index contributed by atoms with van der Waals surface area (Å²) in [7, 11) is 0. The van der Waals surface area contributed by atoms with Gasteiger partial charge in [0.15, 0.2) is 0 Å². The molecule has 0 aliphatic carbocycles. The predicted molar refractivity (Wildman–Crippen MR) is 105 cm³/mol. The molecule has 1 rings (SSSR count). The van der Waals surface area contributed by atoms with Crippen LogP contribution in [0.1, 0.15) is 12.8 Å². The monoisotopic (exact) mass is 426 g/mol. The Balaban J connectivity index is 2.63. The third kappa shape index (κ3) is 10.1. The minimum atomic E-state index is -1.27. The number of thioether (sulfide) groups is 1. The molecule has 0 aliphatic heterocycles. The molecule has 0 fully saturated rings. The van der Waals surface area contributed by atoms with Crippen molar-refractivity contribution >= 4 is 46.4 Å². The van der Waals surface area contributed by atoms with Crippen molar-refractivity contribution in [2.45, 2.75) is 24.9 Å². The second-order valence-corrected chi connectivity index (χ2v) is 6.80. The van der Waals surface area contributed by atoms with Crippen LogP contribution in [0.2, 0.25) is 0 Å². The SMILES string of the molecule is NC(CCC(=O)NC(CSC(=O)Nc1ccccc1)C(=O)NCC(=O)O)C(=O)O. The van der Waals surface area contributed by atoms with E-state index in [4.69, 9.17) is 15.9 Å². The third-order valence-corrected chi connectivity index (χ3v) is 4.33. The van der Waals surface area contributed by atoms with Gasteiger partial charge in [-0.1, -0.05) is 30.0 Å². The van der Waals surface area contributed by atoms with Crippen molar-refractivity contribution in [2.24, 2.45) is 5.73 Å². The molecule has 0 aromatic heterocycles. The first kappa shape index (κ1) is 23.9. The van der Waals surface area contributed by atoms with Crippen molar-refractivity contribution in [3.63, 3.8) is 0 Å². The molecule has 2 atom stereocenters. The number of amides is 3. The van der Waals surface area contributed by atoms with Gasteiger partial charge in [0.1, 0.15) is 18.6 Å². The van der Waals surface area contributed by atoms with Gasteiger partial charge in [-0.3, -0.25) is 24.0 Å². The normalized spacial score (nSPS) is 12.3. The van der Waals surface area contributed by atoms with E-state index in [-0.39, 0.29) is 18.6 Å². The first-order valence-corrected chi connectivity index (χ1v) is 9.43. The molecule has 158 valence electrons. The van der Waals surface area contributed by atoms with Crippen molar-refractivity contribution in [2.75, 3.05) is 17.6 Å². The number of hydrogen-bond donors (Lipinski definition) is 6. The van der Waals surface area contributed by atoms with Gasteiger partial charge in [-0.2, -0.15) is 0 Å². The van der Waals surface area contributed by atoms with Crippen LogP contribution in [0.3, 0.4) is 0 Å². The highest BCUT2D eigenvalue weighted by molar-refractivity contribution is 8.13. The van der Waals surface area contributed by atoms with E-state index in [1.165, 1.54) is 0 Å². The number of benzene rings is 1. The molecule has 29 heavy (non-hydrogen) atoms. The fraction of sp³-hybridized carbons (Fsp3) is 0.353. The van der Waals surface area contributed by atoms with Crippen LogP contribution in [0.5, 0.6) is 0 Å². The van der Waals surface area contributed by atoms with Crippen molar-refractivity contribution in [1.29, 1.82) is 0 Å². The van der Waals surface area contributed by atoms with Crippen LogP contribution in [0.15, 0.2) is 30.3 Å². The summed E-state index contributed by atoms with van der Waals surface area (Å²) in [5.74, 6) is -4.14. The average Bonchev–Trinajstić information content (AvgIpc) is 2.67. The quantitative estimate of drug-likeness (QED) is 0.279. The summed E-state index contributed by atoms with van der Waals surface area (Å²) in [5.41, 5.74) is 5.87. The Morgan fingerprint density at radius 1 is 1.07 bits per heavy atom. The second-order valence-electron chi connectivity index (χ2n) is 5.80. The number of hydrogen-bond acceptors (Lipinski definition) is 7. The molecule has 0 radical (unpaired) electrons. The van der Waals surface area contributed by atoms with E-state index in [9.17, 15) is 24.0 Å². The van der Waals surface area contributed by atoms with E-state index < -0.39 is 47.6 Å². The summed E-state index contributed by atoms with van der Waals surface area (Å²) in [6, 6.07) is 6.14. The van der Waals surface area contributed by atoms with Gasteiger partial charge < -0.3 is 31.9 Å². The summed E-state index contributed by atoms with van der Waals surface area (Å²) in [5, 5.41) is 24.0. The number of anilines is 1. The number of carboxylic acid groups (broad SMARTS) is 2. The highest BCUT2D eigenvalue weighted by atomic mass is 32.2. The highest BCUT2D eigenvalue weighted by Gasteiger charge is 2.23. The molecule has 11 nitrogen and oxygen atoms in total. The average molecular weight is 426 g/mol. The molecule has 0 saturated heterocycles. The van der Waals surface area contributed by atoms with E-state index in [0.717, 1.165) is 11.8 Å². The first-order chi connectivity index (χ1) is 13.7. The Morgan fingerprint density at radius 2 is 1.72 bits per heavy atom. The molecule has 0 saturated carbocycles. The van der Waals surface area contributed by atoms with Gasteiger partial charge in [0.2, 0.25) is 11.8 Å². The zero-order valence-electron chi connectivity index (χ0n) is 15.3. The maximum absolute atomic E-state index is 12.1. The van der Waals surface area contributed by atoms with Gasteiger partial charge in [0.05, 0.1) is 0 Å². The maximum Gasteiger partial charge on any atom is 0.322 e. The number of nitrogens with one attached hydrogen (secondary N) is 3. The molecule has 0 heterocycles. The number of aliphatic carboxylic acids is 2.